The molecule has 0 bridgehead atoms. The van der Waals surface area contributed by atoms with Crippen molar-refractivity contribution in [3.8, 4) is 0 Å². The normalized spacial score (nSPS) is 18.6. The van der Waals surface area contributed by atoms with Gasteiger partial charge in [0.2, 0.25) is 0 Å². The van der Waals surface area contributed by atoms with Crippen molar-refractivity contribution in [3.63, 3.8) is 0 Å². The van der Waals surface area contributed by atoms with Gasteiger partial charge in [-0.15, -0.1) is 0 Å². The van der Waals surface area contributed by atoms with Gasteiger partial charge < -0.3 is 20.4 Å². The third-order valence-electron chi connectivity index (χ3n) is 7.72. The average molecular weight is 590 g/mol. The summed E-state index contributed by atoms with van der Waals surface area (Å²) in [6.07, 6.45) is 2.25. The van der Waals surface area contributed by atoms with E-state index in [1.165, 1.54) is 32.4 Å². The minimum Gasteiger partial charge on any atom is -0.337 e. The predicted molar refractivity (Wildman–Crippen MR) is 147 cm³/mol. The van der Waals surface area contributed by atoms with E-state index in [0.717, 1.165) is 44.5 Å². The summed E-state index contributed by atoms with van der Waals surface area (Å²) in [6.45, 7) is 5.43. The highest BCUT2D eigenvalue weighted by Gasteiger charge is 2.31. The molecule has 2 amide bonds. The highest BCUT2D eigenvalue weighted by molar-refractivity contribution is 6.42. The molecule has 4 rings (SSSR count). The molecule has 5 nitrogen and oxygen atoms in total. The number of alkyl halides is 3. The topological polar surface area (TPSA) is 47.6 Å². The monoisotopic (exact) mass is 588 g/mol. The number of halogens is 6. The zero-order valence-corrected chi connectivity index (χ0v) is 23.2. The number of benzene rings is 2. The van der Waals surface area contributed by atoms with Crippen molar-refractivity contribution in [2.24, 2.45) is 0 Å². The van der Waals surface area contributed by atoms with Crippen LogP contribution < -0.4 is 10.6 Å². The van der Waals surface area contributed by atoms with E-state index in [1.807, 2.05) is 6.07 Å². The number of piperidine rings is 2. The molecule has 1 atom stereocenters. The number of carbonyl (C=O) groups is 1. The lowest BCUT2D eigenvalue weighted by Crippen LogP contribution is -2.47. The van der Waals surface area contributed by atoms with Crippen molar-refractivity contribution in [2.75, 3.05) is 44.6 Å². The molecule has 11 heteroatoms. The molecule has 2 aliphatic heterocycles. The number of rotatable bonds is 8. The summed E-state index contributed by atoms with van der Waals surface area (Å²) < 4.78 is 53.1. The predicted octanol–water partition coefficient (Wildman–Crippen LogP) is 7.40. The van der Waals surface area contributed by atoms with Gasteiger partial charge in [-0.1, -0.05) is 35.7 Å². The number of likely N-dealkylation sites (tertiary alicyclic amines) is 2. The second-order valence-corrected chi connectivity index (χ2v) is 11.2. The van der Waals surface area contributed by atoms with Crippen molar-refractivity contribution in [3.05, 3.63) is 63.4 Å². The lowest BCUT2D eigenvalue weighted by molar-refractivity contribution is -0.137. The fraction of sp³-hybridized carbons (Fsp3) is 0.536. The number of anilines is 1. The Balaban J connectivity index is 1.35. The van der Waals surface area contributed by atoms with Gasteiger partial charge in [0.05, 0.1) is 21.3 Å². The number of nitrogens with one attached hydrogen (secondary N) is 2. The van der Waals surface area contributed by atoms with E-state index in [-0.39, 0.29) is 12.5 Å². The van der Waals surface area contributed by atoms with Gasteiger partial charge in [0, 0.05) is 18.5 Å². The molecule has 1 unspecified atom stereocenters. The highest BCUT2D eigenvalue weighted by Crippen LogP contribution is 2.32. The first kappa shape index (κ1) is 29.9. The smallest absolute Gasteiger partial charge is 0.337 e. The Bertz CT molecular complexity index is 1120. The number of carbonyl (C=O) groups excluding carboxylic acids is 1. The molecule has 2 aromatic rings. The van der Waals surface area contributed by atoms with Crippen molar-refractivity contribution in [1.82, 2.24) is 15.1 Å². The van der Waals surface area contributed by atoms with E-state index < -0.39 is 29.3 Å². The average Bonchev–Trinajstić information content (AvgIpc) is 2.92. The van der Waals surface area contributed by atoms with E-state index in [1.54, 1.807) is 12.1 Å². The molecule has 2 saturated heterocycles. The van der Waals surface area contributed by atoms with E-state index in [4.69, 9.17) is 23.2 Å². The summed E-state index contributed by atoms with van der Waals surface area (Å²) in [5.41, 5.74) is -0.694. The number of urea groups is 1. The summed E-state index contributed by atoms with van der Waals surface area (Å²) in [4.78, 5) is 17.6. The Morgan fingerprint density at radius 1 is 0.974 bits per heavy atom. The maximum Gasteiger partial charge on any atom is 0.416 e. The Labute approximate surface area is 236 Å². The zero-order chi connectivity index (χ0) is 28.0. The first-order chi connectivity index (χ1) is 18.6. The van der Waals surface area contributed by atoms with E-state index in [9.17, 15) is 22.4 Å². The Morgan fingerprint density at radius 2 is 1.69 bits per heavy atom. The van der Waals surface area contributed by atoms with Gasteiger partial charge in [-0.3, -0.25) is 0 Å². The van der Waals surface area contributed by atoms with Crippen LogP contribution in [0.3, 0.4) is 0 Å². The van der Waals surface area contributed by atoms with Crippen LogP contribution in [0.5, 0.6) is 0 Å². The van der Waals surface area contributed by atoms with Gasteiger partial charge >= 0.3 is 12.2 Å². The molecule has 2 fully saturated rings. The number of hydrogen-bond acceptors (Lipinski definition) is 3. The summed E-state index contributed by atoms with van der Waals surface area (Å²) in [5.74, 6) is -1.08. The Kier molecular flexibility index (Phi) is 10.4. The fourth-order valence-electron chi connectivity index (χ4n) is 5.46. The number of amides is 2. The molecule has 0 aromatic heterocycles. The molecule has 2 aromatic carbocycles. The van der Waals surface area contributed by atoms with Crippen LogP contribution in [0.2, 0.25) is 10.0 Å². The van der Waals surface area contributed by atoms with Gasteiger partial charge in [-0.05, 0) is 101 Å². The van der Waals surface area contributed by atoms with Crippen LogP contribution in [-0.4, -0.2) is 61.1 Å². The molecule has 0 saturated carbocycles. The Hall–Kier alpha value is -2.07. The highest BCUT2D eigenvalue weighted by atomic mass is 35.5. The number of nitrogens with zero attached hydrogens (tertiary/aromatic N) is 2. The minimum absolute atomic E-state index is 0.128. The van der Waals surface area contributed by atoms with E-state index >= 15 is 0 Å². The molecule has 0 radical (unpaired) electrons. The van der Waals surface area contributed by atoms with E-state index in [0.29, 0.717) is 34.3 Å². The molecule has 0 spiro atoms. The van der Waals surface area contributed by atoms with Gasteiger partial charge in [0.15, 0.2) is 0 Å². The third kappa shape index (κ3) is 8.46. The summed E-state index contributed by atoms with van der Waals surface area (Å²) in [7, 11) is 0. The van der Waals surface area contributed by atoms with Crippen LogP contribution in [0.4, 0.5) is 28.0 Å². The van der Waals surface area contributed by atoms with Crippen LogP contribution in [0.15, 0.2) is 36.4 Å². The standard InChI is InChI=1S/C28H34Cl2F4N4O/c29-23-6-4-19(16-24(23)30)20(8-13-37-14-9-22(10-15-37)38-11-2-1-3-12-38)18-35-27(39)36-26-17-21(28(32,33)34)5-7-25(26)31/h4-7,16-17,20,22H,1-3,8-15,18H2,(H2,35,36,39). The lowest BCUT2D eigenvalue weighted by atomic mass is 9.94. The SMILES string of the molecule is O=C(NCC(CCN1CCC(N2CCCCC2)CC1)c1ccc(Cl)c(Cl)c1)Nc1cc(C(F)(F)F)ccc1F. The summed E-state index contributed by atoms with van der Waals surface area (Å²) in [5, 5.41) is 5.71. The molecular formula is C28H34Cl2F4N4O. The van der Waals surface area contributed by atoms with Crippen LogP contribution in [-0.2, 0) is 6.18 Å². The molecule has 0 aliphatic carbocycles. The molecule has 2 N–H and O–H groups in total. The molecule has 39 heavy (non-hydrogen) atoms. The maximum atomic E-state index is 14.1. The Morgan fingerprint density at radius 3 is 2.36 bits per heavy atom. The zero-order valence-electron chi connectivity index (χ0n) is 21.7. The first-order valence-electron chi connectivity index (χ1n) is 13.4. The third-order valence-corrected chi connectivity index (χ3v) is 8.46. The second-order valence-electron chi connectivity index (χ2n) is 10.4. The van der Waals surface area contributed by atoms with Crippen molar-refractivity contribution < 1.29 is 22.4 Å². The summed E-state index contributed by atoms with van der Waals surface area (Å²) >= 11 is 12.4. The van der Waals surface area contributed by atoms with Crippen molar-refractivity contribution in [1.29, 1.82) is 0 Å². The van der Waals surface area contributed by atoms with E-state index in [2.05, 4.69) is 20.4 Å². The largest absolute Gasteiger partial charge is 0.416 e. The van der Waals surface area contributed by atoms with Gasteiger partial charge in [-0.2, -0.15) is 13.2 Å². The lowest BCUT2D eigenvalue weighted by Gasteiger charge is -2.40. The minimum atomic E-state index is -4.65. The van der Waals surface area contributed by atoms with Crippen LogP contribution in [0, 0.1) is 5.82 Å². The molecule has 2 aliphatic rings. The van der Waals surface area contributed by atoms with Crippen LogP contribution >= 0.6 is 23.2 Å². The van der Waals surface area contributed by atoms with Crippen molar-refractivity contribution >= 4 is 34.9 Å². The maximum absolute atomic E-state index is 14.1. The second kappa shape index (κ2) is 13.5. The quantitative estimate of drug-likeness (QED) is 0.316. The molecule has 214 valence electrons. The first-order valence-corrected chi connectivity index (χ1v) is 14.2. The van der Waals surface area contributed by atoms with Crippen molar-refractivity contribution in [2.45, 2.75) is 56.7 Å². The molecule has 2 heterocycles. The molecular weight excluding hydrogens is 555 g/mol. The summed E-state index contributed by atoms with van der Waals surface area (Å²) in [6, 6.07) is 7.08. The van der Waals surface area contributed by atoms with Gasteiger partial charge in [0.25, 0.3) is 0 Å². The van der Waals surface area contributed by atoms with Crippen LogP contribution in [0.1, 0.15) is 55.6 Å². The number of hydrogen-bond donors (Lipinski definition) is 2. The van der Waals surface area contributed by atoms with Crippen LogP contribution in [0.25, 0.3) is 0 Å². The fourth-order valence-corrected chi connectivity index (χ4v) is 5.77. The van der Waals surface area contributed by atoms with Gasteiger partial charge in [-0.25, -0.2) is 9.18 Å². The van der Waals surface area contributed by atoms with Gasteiger partial charge in [0.1, 0.15) is 5.82 Å².